The van der Waals surface area contributed by atoms with Gasteiger partial charge in [0.25, 0.3) is 0 Å². The van der Waals surface area contributed by atoms with E-state index in [0.717, 1.165) is 38.8 Å². The Kier molecular flexibility index (Phi) is 15.9. The number of anilines is 2. The SMILES string of the molecule is [C-]#[N+]c1cc(C#N)c(C#N)cc1-n1nc(C(C)(C)C)c(C#N)c1N=Nc1ncc(N(CCCCCCCC)CCCCCCCC)nc1NC(C)=O. The zero-order valence-electron chi connectivity index (χ0n) is 31.5. The molecule has 0 radical (unpaired) electrons. The molecule has 272 valence electrons. The van der Waals surface area contributed by atoms with Crippen LogP contribution in [0.25, 0.3) is 10.5 Å². The maximum Gasteiger partial charge on any atom is 0.222 e. The second-order valence-corrected chi connectivity index (χ2v) is 13.8. The van der Waals surface area contributed by atoms with Crippen molar-refractivity contribution in [3.05, 3.63) is 52.1 Å². The van der Waals surface area contributed by atoms with Gasteiger partial charge >= 0.3 is 0 Å². The largest absolute Gasteiger partial charge is 0.355 e. The number of nitrogens with zero attached hydrogens (tertiary/aromatic N) is 11. The third kappa shape index (κ3) is 11.2. The fraction of sp³-hybridized carbons (Fsp3) is 0.538. The van der Waals surface area contributed by atoms with Crippen LogP contribution >= 0.6 is 0 Å². The normalized spacial score (nSPS) is 11.1. The second kappa shape index (κ2) is 20.3. The number of aromatic nitrogens is 4. The van der Waals surface area contributed by atoms with Gasteiger partial charge in [0.2, 0.25) is 17.4 Å². The molecule has 3 rings (SSSR count). The number of nitriles is 3. The van der Waals surface area contributed by atoms with Crippen molar-refractivity contribution in [1.29, 1.82) is 15.8 Å². The van der Waals surface area contributed by atoms with Crippen molar-refractivity contribution < 1.29 is 4.79 Å². The Morgan fingerprint density at radius 2 is 1.48 bits per heavy atom. The lowest BCUT2D eigenvalue weighted by Gasteiger charge is -2.24. The smallest absolute Gasteiger partial charge is 0.222 e. The van der Waals surface area contributed by atoms with Gasteiger partial charge in [-0.25, -0.2) is 19.5 Å². The predicted molar refractivity (Wildman–Crippen MR) is 202 cm³/mol. The summed E-state index contributed by atoms with van der Waals surface area (Å²) in [6.45, 7) is 20.9. The Bertz CT molecular complexity index is 1860. The molecule has 1 amide bonds. The second-order valence-electron chi connectivity index (χ2n) is 13.8. The number of unbranched alkanes of at least 4 members (excludes halogenated alkanes) is 10. The Morgan fingerprint density at radius 3 is 2.00 bits per heavy atom. The molecule has 2 aromatic heterocycles. The van der Waals surface area contributed by atoms with Gasteiger partial charge < -0.3 is 10.2 Å². The lowest BCUT2D eigenvalue weighted by molar-refractivity contribution is -0.114. The van der Waals surface area contributed by atoms with Gasteiger partial charge in [0.1, 0.15) is 23.5 Å². The van der Waals surface area contributed by atoms with Gasteiger partial charge in [-0.2, -0.15) is 20.9 Å². The van der Waals surface area contributed by atoms with Crippen LogP contribution in [0.15, 0.2) is 28.6 Å². The molecule has 0 spiro atoms. The van der Waals surface area contributed by atoms with Gasteiger partial charge in [-0.05, 0) is 25.0 Å². The molecular formula is C39H50N12O. The number of azo groups is 1. The average molecular weight is 703 g/mol. The van der Waals surface area contributed by atoms with Crippen LogP contribution in [0.1, 0.15) is 141 Å². The van der Waals surface area contributed by atoms with Crippen molar-refractivity contribution in [2.75, 3.05) is 23.3 Å². The molecule has 1 N–H and O–H groups in total. The monoisotopic (exact) mass is 702 g/mol. The Balaban J connectivity index is 2.09. The Labute approximate surface area is 308 Å². The van der Waals surface area contributed by atoms with E-state index in [0.29, 0.717) is 11.5 Å². The molecule has 0 fully saturated rings. The van der Waals surface area contributed by atoms with Crippen LogP contribution in [0.4, 0.5) is 29.0 Å². The third-order valence-electron chi connectivity index (χ3n) is 8.55. The molecule has 0 saturated carbocycles. The first-order valence-electron chi connectivity index (χ1n) is 18.2. The van der Waals surface area contributed by atoms with E-state index in [1.54, 1.807) is 6.20 Å². The van der Waals surface area contributed by atoms with Crippen molar-refractivity contribution in [3.8, 4) is 23.9 Å². The zero-order chi connectivity index (χ0) is 38.1. The standard InChI is InChI=1S/C39H50N12O/c1-8-10-12-14-16-18-20-50(21-19-17-15-13-11-9-2)34-27-44-36(37(46-34)45-28(3)52)47-48-38-31(26-42)35(39(4,5)6)49-51(38)33-23-30(25-41)29(24-40)22-32(33)43-7/h22-23,27H,8-21H2,1-6H3,(H,45,46,52). The highest BCUT2D eigenvalue weighted by Gasteiger charge is 2.29. The number of nitrogens with one attached hydrogen (secondary N) is 1. The minimum Gasteiger partial charge on any atom is -0.355 e. The van der Waals surface area contributed by atoms with E-state index in [4.69, 9.17) is 11.6 Å². The highest BCUT2D eigenvalue weighted by atomic mass is 16.1. The van der Waals surface area contributed by atoms with Crippen molar-refractivity contribution in [1.82, 2.24) is 19.7 Å². The maximum atomic E-state index is 12.4. The van der Waals surface area contributed by atoms with Gasteiger partial charge in [0.05, 0.1) is 41.3 Å². The fourth-order valence-electron chi connectivity index (χ4n) is 5.77. The van der Waals surface area contributed by atoms with Gasteiger partial charge in [0.15, 0.2) is 11.6 Å². The predicted octanol–water partition coefficient (Wildman–Crippen LogP) is 10.0. The van der Waals surface area contributed by atoms with Crippen LogP contribution in [0.5, 0.6) is 0 Å². The molecule has 0 aliphatic carbocycles. The topological polar surface area (TPSA) is 176 Å². The summed E-state index contributed by atoms with van der Waals surface area (Å²) in [5, 5.41) is 45.8. The number of carbonyl (C=O) groups excluding carboxylic acids is 1. The minimum atomic E-state index is -0.609. The molecule has 2 heterocycles. The number of hydrogen-bond donors (Lipinski definition) is 1. The summed E-state index contributed by atoms with van der Waals surface area (Å²) >= 11 is 0. The summed E-state index contributed by atoms with van der Waals surface area (Å²) in [5.74, 6) is 0.416. The summed E-state index contributed by atoms with van der Waals surface area (Å²) in [5.41, 5.74) is 0.188. The number of amides is 1. The quantitative estimate of drug-likeness (QED) is 0.0728. The molecular weight excluding hydrogens is 653 g/mol. The van der Waals surface area contributed by atoms with Gasteiger partial charge in [-0.15, -0.1) is 10.2 Å². The molecule has 1 aromatic carbocycles. The molecule has 13 nitrogen and oxygen atoms in total. The first-order valence-corrected chi connectivity index (χ1v) is 18.2. The molecule has 0 atom stereocenters. The van der Waals surface area contributed by atoms with E-state index in [1.165, 1.54) is 75.1 Å². The molecule has 3 aromatic rings. The van der Waals surface area contributed by atoms with Gasteiger partial charge in [-0.1, -0.05) is 98.8 Å². The zero-order valence-corrected chi connectivity index (χ0v) is 31.5. The first-order chi connectivity index (χ1) is 25.0. The van der Waals surface area contributed by atoms with E-state index < -0.39 is 5.41 Å². The molecule has 0 unspecified atom stereocenters. The average Bonchev–Trinajstić information content (AvgIpc) is 3.51. The van der Waals surface area contributed by atoms with Crippen LogP contribution in [0.2, 0.25) is 0 Å². The van der Waals surface area contributed by atoms with Crippen LogP contribution in [-0.2, 0) is 10.2 Å². The molecule has 52 heavy (non-hydrogen) atoms. The number of rotatable bonds is 19. The summed E-state index contributed by atoms with van der Waals surface area (Å²) < 4.78 is 1.29. The van der Waals surface area contributed by atoms with E-state index in [1.807, 2.05) is 32.9 Å². The van der Waals surface area contributed by atoms with E-state index in [2.05, 4.69) is 55.3 Å². The molecule has 0 aliphatic heterocycles. The Hall–Kier alpha value is -5.66. The summed E-state index contributed by atoms with van der Waals surface area (Å²) in [6.07, 6.45) is 15.7. The van der Waals surface area contributed by atoms with E-state index in [9.17, 15) is 20.6 Å². The molecule has 0 bridgehead atoms. The molecule has 0 aliphatic rings. The third-order valence-corrected chi connectivity index (χ3v) is 8.55. The molecule has 0 saturated heterocycles. The lowest BCUT2D eigenvalue weighted by Crippen LogP contribution is -2.27. The number of hydrogen-bond acceptors (Lipinski definition) is 10. The van der Waals surface area contributed by atoms with Crippen molar-refractivity contribution >= 4 is 34.9 Å². The summed E-state index contributed by atoms with van der Waals surface area (Å²) in [6, 6.07) is 8.81. The lowest BCUT2D eigenvalue weighted by atomic mass is 9.90. The van der Waals surface area contributed by atoms with Crippen LogP contribution in [0, 0.1) is 40.6 Å². The van der Waals surface area contributed by atoms with Crippen LogP contribution in [0.3, 0.4) is 0 Å². The minimum absolute atomic E-state index is 0.00153. The molecule has 13 heteroatoms. The number of benzene rings is 1. The van der Waals surface area contributed by atoms with Crippen LogP contribution in [-0.4, -0.2) is 38.7 Å². The maximum absolute atomic E-state index is 12.4. The van der Waals surface area contributed by atoms with Crippen molar-refractivity contribution in [2.45, 2.75) is 124 Å². The summed E-state index contributed by atoms with van der Waals surface area (Å²) in [7, 11) is 0. The van der Waals surface area contributed by atoms with E-state index >= 15 is 0 Å². The van der Waals surface area contributed by atoms with Crippen molar-refractivity contribution in [3.63, 3.8) is 0 Å². The summed E-state index contributed by atoms with van der Waals surface area (Å²) in [4.78, 5) is 27.5. The number of carbonyl (C=O) groups is 1. The highest BCUT2D eigenvalue weighted by molar-refractivity contribution is 5.90. The highest BCUT2D eigenvalue weighted by Crippen LogP contribution is 2.38. The van der Waals surface area contributed by atoms with Gasteiger partial charge in [-0.3, -0.25) is 4.79 Å². The first kappa shape index (κ1) is 40.8. The van der Waals surface area contributed by atoms with E-state index in [-0.39, 0.29) is 51.4 Å². The van der Waals surface area contributed by atoms with Crippen LogP contribution < -0.4 is 10.2 Å². The fourth-order valence-corrected chi connectivity index (χ4v) is 5.77. The Morgan fingerprint density at radius 1 is 0.904 bits per heavy atom. The van der Waals surface area contributed by atoms with Crippen molar-refractivity contribution in [2.24, 2.45) is 10.2 Å². The van der Waals surface area contributed by atoms with Gasteiger partial charge in [0, 0.05) is 25.4 Å².